The van der Waals surface area contributed by atoms with Gasteiger partial charge in [-0.1, -0.05) is 18.2 Å². The summed E-state index contributed by atoms with van der Waals surface area (Å²) >= 11 is 0. The number of H-pyrrole nitrogens is 1. The van der Waals surface area contributed by atoms with Gasteiger partial charge in [0, 0.05) is 17.3 Å². The average molecular weight is 444 g/mol. The van der Waals surface area contributed by atoms with Crippen LogP contribution in [-0.4, -0.2) is 34.2 Å². The van der Waals surface area contributed by atoms with Crippen molar-refractivity contribution in [2.24, 2.45) is 0 Å². The van der Waals surface area contributed by atoms with Gasteiger partial charge in [0.15, 0.2) is 5.82 Å². The number of furan rings is 1. The predicted octanol–water partition coefficient (Wildman–Crippen LogP) is 3.95. The molecule has 33 heavy (non-hydrogen) atoms. The minimum Gasteiger partial charge on any atom is -0.497 e. The molecular formula is C25H25N5O3. The summed E-state index contributed by atoms with van der Waals surface area (Å²) in [6.45, 7) is 2.96. The Bertz CT molecular complexity index is 1260. The zero-order chi connectivity index (χ0) is 22.8. The number of ether oxygens (including phenoxy) is 1. The predicted molar refractivity (Wildman–Crippen MR) is 124 cm³/mol. The van der Waals surface area contributed by atoms with Crippen LogP contribution in [0.1, 0.15) is 34.4 Å². The van der Waals surface area contributed by atoms with Gasteiger partial charge >= 0.3 is 0 Å². The van der Waals surface area contributed by atoms with Crippen LogP contribution in [0.25, 0.3) is 11.4 Å². The van der Waals surface area contributed by atoms with Crippen LogP contribution in [0, 0.1) is 0 Å². The van der Waals surface area contributed by atoms with Gasteiger partial charge in [-0.25, -0.2) is 4.98 Å². The minimum absolute atomic E-state index is 0.207. The number of carbonyl (C=O) groups excluding carboxylic acids is 1. The molecule has 1 aliphatic heterocycles. The number of hydrogen-bond donors (Lipinski definition) is 2. The van der Waals surface area contributed by atoms with Crippen molar-refractivity contribution in [3.05, 3.63) is 83.6 Å². The van der Waals surface area contributed by atoms with E-state index in [-0.39, 0.29) is 12.5 Å². The number of nitrogens with one attached hydrogen (secondary N) is 2. The SMILES string of the molecule is COc1ccc(-c2n[nH]c(CNC(=O)c3ccoc3CN3c4ccccc4CC3C)n2)cc1. The lowest BCUT2D eigenvalue weighted by atomic mass is 10.1. The number of nitrogens with zero attached hydrogens (tertiary/aromatic N) is 3. The highest BCUT2D eigenvalue weighted by Gasteiger charge is 2.28. The van der Waals surface area contributed by atoms with Crippen molar-refractivity contribution in [3.8, 4) is 17.1 Å². The van der Waals surface area contributed by atoms with Crippen LogP contribution in [0.2, 0.25) is 0 Å². The van der Waals surface area contributed by atoms with Crippen LogP contribution in [0.5, 0.6) is 5.75 Å². The second kappa shape index (κ2) is 8.82. The summed E-state index contributed by atoms with van der Waals surface area (Å²) in [4.78, 5) is 19.6. The summed E-state index contributed by atoms with van der Waals surface area (Å²) in [6, 6.07) is 17.9. The van der Waals surface area contributed by atoms with Gasteiger partial charge in [-0.2, -0.15) is 5.10 Å². The highest BCUT2D eigenvalue weighted by atomic mass is 16.5. The minimum atomic E-state index is -0.207. The van der Waals surface area contributed by atoms with E-state index in [1.807, 2.05) is 30.3 Å². The van der Waals surface area contributed by atoms with Crippen molar-refractivity contribution in [3.63, 3.8) is 0 Å². The summed E-state index contributed by atoms with van der Waals surface area (Å²) in [5.41, 5.74) is 3.91. The number of carbonyl (C=O) groups is 1. The average Bonchev–Trinajstić information content (AvgIpc) is 3.57. The van der Waals surface area contributed by atoms with E-state index in [4.69, 9.17) is 9.15 Å². The molecule has 0 radical (unpaired) electrons. The van der Waals surface area contributed by atoms with E-state index in [1.165, 1.54) is 11.3 Å². The molecule has 8 nitrogen and oxygen atoms in total. The largest absolute Gasteiger partial charge is 0.497 e. The molecule has 2 aromatic carbocycles. The van der Waals surface area contributed by atoms with E-state index in [0.29, 0.717) is 35.6 Å². The highest BCUT2D eigenvalue weighted by molar-refractivity contribution is 5.95. The maximum Gasteiger partial charge on any atom is 0.255 e. The normalized spacial score (nSPS) is 14.8. The molecule has 168 valence electrons. The van der Waals surface area contributed by atoms with Crippen LogP contribution >= 0.6 is 0 Å². The number of amides is 1. The smallest absolute Gasteiger partial charge is 0.255 e. The molecule has 5 rings (SSSR count). The van der Waals surface area contributed by atoms with Gasteiger partial charge in [0.1, 0.15) is 17.3 Å². The lowest BCUT2D eigenvalue weighted by molar-refractivity contribution is 0.0948. The van der Waals surface area contributed by atoms with Crippen LogP contribution in [0.4, 0.5) is 5.69 Å². The Kier molecular flexibility index (Phi) is 5.56. The van der Waals surface area contributed by atoms with Crippen molar-refractivity contribution >= 4 is 11.6 Å². The number of aromatic amines is 1. The highest BCUT2D eigenvalue weighted by Crippen LogP contribution is 2.33. The van der Waals surface area contributed by atoms with Gasteiger partial charge in [0.2, 0.25) is 0 Å². The van der Waals surface area contributed by atoms with E-state index in [0.717, 1.165) is 17.7 Å². The molecular weight excluding hydrogens is 418 g/mol. The van der Waals surface area contributed by atoms with Gasteiger partial charge in [-0.15, -0.1) is 0 Å². The van der Waals surface area contributed by atoms with Crippen LogP contribution in [0.15, 0.2) is 65.3 Å². The first kappa shape index (κ1) is 20.8. The van der Waals surface area contributed by atoms with E-state index in [1.54, 1.807) is 19.4 Å². The molecule has 8 heteroatoms. The third-order valence-corrected chi connectivity index (χ3v) is 5.95. The Morgan fingerprint density at radius 3 is 2.85 bits per heavy atom. The Hall–Kier alpha value is -4.07. The Labute approximate surface area is 191 Å². The van der Waals surface area contributed by atoms with Gasteiger partial charge in [-0.05, 0) is 55.3 Å². The molecule has 1 unspecified atom stereocenters. The molecule has 4 aromatic rings. The molecule has 1 amide bonds. The fraction of sp³-hybridized carbons (Fsp3) is 0.240. The van der Waals surface area contributed by atoms with Crippen molar-refractivity contribution in [1.82, 2.24) is 20.5 Å². The zero-order valence-electron chi connectivity index (χ0n) is 18.5. The number of benzene rings is 2. The maximum absolute atomic E-state index is 12.9. The van der Waals surface area contributed by atoms with Gasteiger partial charge < -0.3 is 19.4 Å². The molecule has 2 N–H and O–H groups in total. The first-order chi connectivity index (χ1) is 16.1. The zero-order valence-corrected chi connectivity index (χ0v) is 18.5. The third-order valence-electron chi connectivity index (χ3n) is 5.95. The lowest BCUT2D eigenvalue weighted by Crippen LogP contribution is -2.30. The topological polar surface area (TPSA) is 96.3 Å². The third kappa shape index (κ3) is 4.19. The Morgan fingerprint density at radius 2 is 2.03 bits per heavy atom. The first-order valence-corrected chi connectivity index (χ1v) is 10.9. The fourth-order valence-electron chi connectivity index (χ4n) is 4.19. The molecule has 1 atom stereocenters. The molecule has 2 aromatic heterocycles. The van der Waals surface area contributed by atoms with Crippen molar-refractivity contribution < 1.29 is 13.9 Å². The molecule has 0 bridgehead atoms. The van der Waals surface area contributed by atoms with Gasteiger partial charge in [0.25, 0.3) is 5.91 Å². The summed E-state index contributed by atoms with van der Waals surface area (Å²) in [5.74, 6) is 2.34. The second-order valence-corrected chi connectivity index (χ2v) is 8.08. The van der Waals surface area contributed by atoms with E-state index >= 15 is 0 Å². The van der Waals surface area contributed by atoms with Crippen molar-refractivity contribution in [2.45, 2.75) is 32.5 Å². The summed E-state index contributed by atoms with van der Waals surface area (Å²) < 4.78 is 10.9. The molecule has 0 saturated carbocycles. The number of para-hydroxylation sites is 1. The quantitative estimate of drug-likeness (QED) is 0.449. The van der Waals surface area contributed by atoms with Gasteiger partial charge in [-0.3, -0.25) is 9.89 Å². The number of anilines is 1. The molecule has 0 fully saturated rings. The van der Waals surface area contributed by atoms with E-state index in [9.17, 15) is 4.79 Å². The number of fused-ring (bicyclic) bond motifs is 1. The molecule has 3 heterocycles. The summed E-state index contributed by atoms with van der Waals surface area (Å²) in [6.07, 6.45) is 2.55. The Balaban J connectivity index is 1.24. The van der Waals surface area contributed by atoms with Crippen molar-refractivity contribution in [2.75, 3.05) is 12.0 Å². The summed E-state index contributed by atoms with van der Waals surface area (Å²) in [7, 11) is 1.62. The monoisotopic (exact) mass is 443 g/mol. The number of aromatic nitrogens is 3. The van der Waals surface area contributed by atoms with Crippen LogP contribution < -0.4 is 15.0 Å². The standard InChI is InChI=1S/C25H25N5O3/c1-16-13-18-5-3-4-6-21(18)30(16)15-22-20(11-12-33-22)25(31)26-14-23-27-24(29-28-23)17-7-9-19(32-2)10-8-17/h3-12,16H,13-15H2,1-2H3,(H,26,31)(H,27,28,29). The van der Waals surface area contributed by atoms with Gasteiger partial charge in [0.05, 0.1) is 32.0 Å². The second-order valence-electron chi connectivity index (χ2n) is 8.08. The van der Waals surface area contributed by atoms with E-state index < -0.39 is 0 Å². The molecule has 0 spiro atoms. The maximum atomic E-state index is 12.9. The lowest BCUT2D eigenvalue weighted by Gasteiger charge is -2.24. The molecule has 1 aliphatic rings. The Morgan fingerprint density at radius 1 is 1.21 bits per heavy atom. The molecule has 0 aliphatic carbocycles. The fourth-order valence-corrected chi connectivity index (χ4v) is 4.19. The summed E-state index contributed by atoms with van der Waals surface area (Å²) in [5, 5.41) is 10.0. The molecule has 0 saturated heterocycles. The number of hydrogen-bond acceptors (Lipinski definition) is 6. The number of rotatable bonds is 7. The van der Waals surface area contributed by atoms with E-state index in [2.05, 4.69) is 50.5 Å². The first-order valence-electron chi connectivity index (χ1n) is 10.9. The van der Waals surface area contributed by atoms with Crippen molar-refractivity contribution in [1.29, 1.82) is 0 Å². The van der Waals surface area contributed by atoms with Crippen LogP contribution in [-0.2, 0) is 19.5 Å². The van der Waals surface area contributed by atoms with Crippen LogP contribution in [0.3, 0.4) is 0 Å². The number of methoxy groups -OCH3 is 1.